The monoisotopic (exact) mass is 283 g/mol. The summed E-state index contributed by atoms with van der Waals surface area (Å²) in [7, 11) is 0. The van der Waals surface area contributed by atoms with Gasteiger partial charge in [-0.25, -0.2) is 4.39 Å². The quantitative estimate of drug-likeness (QED) is 0.769. The molecule has 1 aromatic heterocycles. The summed E-state index contributed by atoms with van der Waals surface area (Å²) in [6.45, 7) is 3.88. The van der Waals surface area contributed by atoms with Gasteiger partial charge in [0.15, 0.2) is 0 Å². The molecule has 0 aliphatic carbocycles. The van der Waals surface area contributed by atoms with E-state index < -0.39 is 6.04 Å². The van der Waals surface area contributed by atoms with E-state index in [9.17, 15) is 4.39 Å². The first-order valence-corrected chi connectivity index (χ1v) is 7.13. The normalized spacial score (nSPS) is 12.8. The maximum Gasteiger partial charge on any atom is 0.134 e. The van der Waals surface area contributed by atoms with Gasteiger partial charge in [0.2, 0.25) is 0 Å². The molecule has 0 aliphatic heterocycles. The molecule has 1 unspecified atom stereocenters. The van der Waals surface area contributed by atoms with Crippen molar-refractivity contribution < 1.29 is 8.81 Å². The lowest BCUT2D eigenvalue weighted by molar-refractivity contribution is 0.543. The Balaban J connectivity index is 2.18. The molecule has 0 saturated heterocycles. The number of fused-ring (bicyclic) bond motifs is 1. The fourth-order valence-corrected chi connectivity index (χ4v) is 2.76. The fourth-order valence-electron chi connectivity index (χ4n) is 2.76. The summed E-state index contributed by atoms with van der Waals surface area (Å²) < 4.78 is 20.1. The Morgan fingerprint density at radius 2 is 1.95 bits per heavy atom. The Kier molecular flexibility index (Phi) is 3.52. The van der Waals surface area contributed by atoms with Crippen LogP contribution < -0.4 is 5.73 Å². The molecule has 0 saturated carbocycles. The summed E-state index contributed by atoms with van der Waals surface area (Å²) in [4.78, 5) is 0. The minimum atomic E-state index is -0.524. The highest BCUT2D eigenvalue weighted by atomic mass is 19.1. The first-order valence-electron chi connectivity index (χ1n) is 7.13. The Morgan fingerprint density at radius 1 is 1.19 bits per heavy atom. The van der Waals surface area contributed by atoms with Crippen molar-refractivity contribution in [2.24, 2.45) is 5.73 Å². The third-order valence-corrected chi connectivity index (χ3v) is 3.83. The summed E-state index contributed by atoms with van der Waals surface area (Å²) in [5, 5.41) is 0.960. The number of aryl methyl sites for hydroxylation is 2. The highest BCUT2D eigenvalue weighted by molar-refractivity contribution is 5.83. The van der Waals surface area contributed by atoms with E-state index in [0.717, 1.165) is 34.3 Å². The van der Waals surface area contributed by atoms with Gasteiger partial charge >= 0.3 is 0 Å². The molecule has 2 aromatic carbocycles. The summed E-state index contributed by atoms with van der Waals surface area (Å²) in [5.74, 6) is 0.554. The maximum absolute atomic E-state index is 14.2. The van der Waals surface area contributed by atoms with E-state index in [1.165, 1.54) is 6.07 Å². The fraction of sp³-hybridized carbons (Fsp3) is 0.222. The number of hydrogen-bond acceptors (Lipinski definition) is 2. The van der Waals surface area contributed by atoms with E-state index in [0.29, 0.717) is 5.56 Å². The number of halogens is 1. The predicted octanol–water partition coefficient (Wildman–Crippen LogP) is 4.49. The van der Waals surface area contributed by atoms with Crippen LogP contribution in [0.15, 0.2) is 46.9 Å². The molecule has 3 rings (SSSR count). The van der Waals surface area contributed by atoms with Crippen molar-refractivity contribution in [1.29, 1.82) is 0 Å². The lowest BCUT2D eigenvalue weighted by Gasteiger charge is -2.14. The van der Waals surface area contributed by atoms with Crippen LogP contribution >= 0.6 is 0 Å². The van der Waals surface area contributed by atoms with Crippen molar-refractivity contribution in [1.82, 2.24) is 0 Å². The van der Waals surface area contributed by atoms with Gasteiger partial charge < -0.3 is 10.2 Å². The summed E-state index contributed by atoms with van der Waals surface area (Å²) >= 11 is 0. The van der Waals surface area contributed by atoms with Gasteiger partial charge in [-0.3, -0.25) is 0 Å². The molecule has 1 heterocycles. The average molecular weight is 283 g/mol. The molecule has 21 heavy (non-hydrogen) atoms. The zero-order valence-corrected chi connectivity index (χ0v) is 12.2. The third-order valence-electron chi connectivity index (χ3n) is 3.83. The van der Waals surface area contributed by atoms with Gasteiger partial charge in [-0.2, -0.15) is 0 Å². The second-order valence-corrected chi connectivity index (χ2v) is 5.29. The summed E-state index contributed by atoms with van der Waals surface area (Å²) in [6, 6.07) is 12.4. The molecule has 0 bridgehead atoms. The molecule has 0 fully saturated rings. The first kappa shape index (κ1) is 13.8. The van der Waals surface area contributed by atoms with Crippen LogP contribution in [0.1, 0.15) is 35.4 Å². The molecule has 3 heteroatoms. The number of para-hydroxylation sites is 1. The van der Waals surface area contributed by atoms with Crippen LogP contribution in [0.25, 0.3) is 11.0 Å². The molecular weight excluding hydrogens is 265 g/mol. The number of hydrogen-bond donors (Lipinski definition) is 1. The standard InChI is InChI=1S/C18H18FNO/c1-3-15-17(13-6-4-5-7-16(13)21-15)18(20)12-9-8-11(2)10-14(12)19/h4-10,18H,3,20H2,1-2H3. The van der Waals surface area contributed by atoms with Crippen molar-refractivity contribution in [2.75, 3.05) is 0 Å². The zero-order valence-electron chi connectivity index (χ0n) is 12.2. The number of rotatable bonds is 3. The molecule has 1 atom stereocenters. The van der Waals surface area contributed by atoms with Crippen LogP contribution in [0.4, 0.5) is 4.39 Å². The lowest BCUT2D eigenvalue weighted by atomic mass is 9.95. The second-order valence-electron chi connectivity index (χ2n) is 5.29. The largest absolute Gasteiger partial charge is 0.461 e. The van der Waals surface area contributed by atoms with Gasteiger partial charge in [0, 0.05) is 22.9 Å². The molecule has 0 spiro atoms. The van der Waals surface area contributed by atoms with Gasteiger partial charge in [0.25, 0.3) is 0 Å². The first-order chi connectivity index (χ1) is 10.1. The number of furan rings is 1. The van der Waals surface area contributed by atoms with Gasteiger partial charge in [-0.05, 0) is 24.6 Å². The highest BCUT2D eigenvalue weighted by Gasteiger charge is 2.22. The Hall–Kier alpha value is -2.13. The van der Waals surface area contributed by atoms with Gasteiger partial charge in [0.1, 0.15) is 17.2 Å². The van der Waals surface area contributed by atoms with E-state index >= 15 is 0 Å². The minimum absolute atomic E-state index is 0.269. The van der Waals surface area contributed by atoms with Crippen molar-refractivity contribution in [3.8, 4) is 0 Å². The number of nitrogens with two attached hydrogens (primary N) is 1. The Bertz CT molecular complexity index is 791. The van der Waals surface area contributed by atoms with Crippen LogP contribution in [0.5, 0.6) is 0 Å². The van der Waals surface area contributed by atoms with Crippen molar-refractivity contribution in [3.63, 3.8) is 0 Å². The summed E-state index contributed by atoms with van der Waals surface area (Å²) in [6.07, 6.45) is 0.727. The van der Waals surface area contributed by atoms with E-state index in [2.05, 4.69) is 0 Å². The molecule has 0 radical (unpaired) electrons. The smallest absolute Gasteiger partial charge is 0.134 e. The third kappa shape index (κ3) is 2.34. The van der Waals surface area contributed by atoms with Gasteiger partial charge in [-0.1, -0.05) is 37.3 Å². The highest BCUT2D eigenvalue weighted by Crippen LogP contribution is 2.34. The van der Waals surface area contributed by atoms with Crippen LogP contribution in [-0.4, -0.2) is 0 Å². The second kappa shape index (κ2) is 5.34. The van der Waals surface area contributed by atoms with Crippen LogP contribution in [0, 0.1) is 12.7 Å². The zero-order chi connectivity index (χ0) is 15.0. The van der Waals surface area contributed by atoms with Crippen molar-refractivity contribution in [3.05, 3.63) is 70.7 Å². The van der Waals surface area contributed by atoms with Crippen LogP contribution in [0.2, 0.25) is 0 Å². The van der Waals surface area contributed by atoms with Gasteiger partial charge in [-0.15, -0.1) is 0 Å². The van der Waals surface area contributed by atoms with Crippen LogP contribution in [0.3, 0.4) is 0 Å². The van der Waals surface area contributed by atoms with E-state index in [4.69, 9.17) is 10.2 Å². The predicted molar refractivity (Wildman–Crippen MR) is 82.8 cm³/mol. The molecule has 3 aromatic rings. The van der Waals surface area contributed by atoms with E-state index in [1.54, 1.807) is 6.07 Å². The average Bonchev–Trinajstić information content (AvgIpc) is 2.85. The van der Waals surface area contributed by atoms with Crippen molar-refractivity contribution in [2.45, 2.75) is 26.3 Å². The summed E-state index contributed by atoms with van der Waals surface area (Å²) in [5.41, 5.74) is 9.42. The van der Waals surface area contributed by atoms with E-state index in [1.807, 2.05) is 44.2 Å². The van der Waals surface area contributed by atoms with Crippen molar-refractivity contribution >= 4 is 11.0 Å². The Labute approximate surface area is 123 Å². The minimum Gasteiger partial charge on any atom is -0.461 e. The lowest BCUT2D eigenvalue weighted by Crippen LogP contribution is -2.15. The molecule has 108 valence electrons. The molecule has 2 N–H and O–H groups in total. The van der Waals surface area contributed by atoms with Gasteiger partial charge in [0.05, 0.1) is 6.04 Å². The molecule has 0 amide bonds. The topological polar surface area (TPSA) is 39.2 Å². The number of benzene rings is 2. The van der Waals surface area contributed by atoms with E-state index in [-0.39, 0.29) is 5.82 Å². The Morgan fingerprint density at radius 3 is 2.67 bits per heavy atom. The SMILES string of the molecule is CCc1oc2ccccc2c1C(N)c1ccc(C)cc1F. The molecular formula is C18H18FNO. The van der Waals surface area contributed by atoms with Crippen LogP contribution in [-0.2, 0) is 6.42 Å². The molecule has 2 nitrogen and oxygen atoms in total. The maximum atomic E-state index is 14.2. The molecule has 0 aliphatic rings.